The number of nitrogens with one attached hydrogen (secondary N) is 1. The summed E-state index contributed by atoms with van der Waals surface area (Å²) in [4.78, 5) is 12.1. The lowest BCUT2D eigenvalue weighted by Crippen LogP contribution is -2.29. The van der Waals surface area contributed by atoms with Crippen molar-refractivity contribution in [2.45, 2.75) is 18.2 Å². The van der Waals surface area contributed by atoms with Crippen molar-refractivity contribution in [1.29, 1.82) is 0 Å². The number of methoxy groups -OCH3 is 1. The van der Waals surface area contributed by atoms with Gasteiger partial charge < -0.3 is 10.1 Å². The van der Waals surface area contributed by atoms with E-state index in [0.717, 1.165) is 6.42 Å². The second-order valence-electron chi connectivity index (χ2n) is 3.42. The van der Waals surface area contributed by atoms with E-state index < -0.39 is 0 Å². The Labute approximate surface area is 104 Å². The van der Waals surface area contributed by atoms with Gasteiger partial charge in [0.05, 0.1) is 12.7 Å². The van der Waals surface area contributed by atoms with E-state index in [-0.39, 0.29) is 5.91 Å². The van der Waals surface area contributed by atoms with Crippen LogP contribution in [0.2, 0.25) is 0 Å². The highest BCUT2D eigenvalue weighted by molar-refractivity contribution is 9.09. The number of benzene rings is 1. The number of amides is 1. The predicted molar refractivity (Wildman–Crippen MR) is 68.3 cm³/mol. The number of carbonyl (C=O) groups is 1. The van der Waals surface area contributed by atoms with Crippen LogP contribution in [0.15, 0.2) is 24.3 Å². The average Bonchev–Trinajstić information content (AvgIpc) is 2.35. The molecule has 0 saturated carbocycles. The van der Waals surface area contributed by atoms with E-state index >= 15 is 0 Å². The fraction of sp³-hybridized carbons (Fsp3) is 0.417. The van der Waals surface area contributed by atoms with Crippen molar-refractivity contribution in [3.8, 4) is 5.75 Å². The lowest BCUT2D eigenvalue weighted by atomic mass is 10.2. The molecule has 1 rings (SSSR count). The highest BCUT2D eigenvalue weighted by atomic mass is 79.9. The zero-order chi connectivity index (χ0) is 12.0. The smallest absolute Gasteiger partial charge is 0.255 e. The Morgan fingerprint density at radius 2 is 2.19 bits per heavy atom. The third-order valence-corrected chi connectivity index (χ3v) is 3.25. The van der Waals surface area contributed by atoms with Crippen molar-refractivity contribution in [2.75, 3.05) is 13.7 Å². The number of hydrogen-bond donors (Lipinski definition) is 1. The van der Waals surface area contributed by atoms with Gasteiger partial charge in [0.25, 0.3) is 5.91 Å². The van der Waals surface area contributed by atoms with Crippen LogP contribution in [0.3, 0.4) is 0 Å². The summed E-state index contributed by atoms with van der Waals surface area (Å²) in [6.07, 6.45) is 0.978. The first-order chi connectivity index (χ1) is 7.69. The molecule has 0 spiro atoms. The van der Waals surface area contributed by atoms with E-state index in [9.17, 15) is 4.79 Å². The van der Waals surface area contributed by atoms with Gasteiger partial charge in [-0.25, -0.2) is 0 Å². The minimum atomic E-state index is -0.102. The van der Waals surface area contributed by atoms with E-state index in [2.05, 4.69) is 28.2 Å². The van der Waals surface area contributed by atoms with E-state index in [1.807, 2.05) is 12.1 Å². The van der Waals surface area contributed by atoms with Crippen LogP contribution in [0, 0.1) is 0 Å². The standard InChI is InChI=1S/C12H16BrNO2/c1-3-9(13)8-14-12(15)10-6-4-5-7-11(10)16-2/h4-7,9H,3,8H2,1-2H3,(H,14,15). The average molecular weight is 286 g/mol. The molecule has 1 unspecified atom stereocenters. The van der Waals surface area contributed by atoms with Crippen LogP contribution in [-0.2, 0) is 0 Å². The molecular formula is C12H16BrNO2. The number of carbonyl (C=O) groups excluding carboxylic acids is 1. The van der Waals surface area contributed by atoms with Crippen molar-refractivity contribution in [2.24, 2.45) is 0 Å². The Morgan fingerprint density at radius 1 is 1.50 bits per heavy atom. The summed E-state index contributed by atoms with van der Waals surface area (Å²) < 4.78 is 5.13. The summed E-state index contributed by atoms with van der Waals surface area (Å²) in [5.41, 5.74) is 0.570. The summed E-state index contributed by atoms with van der Waals surface area (Å²) in [5.74, 6) is 0.498. The number of halogens is 1. The number of hydrogen-bond acceptors (Lipinski definition) is 2. The molecule has 0 aromatic heterocycles. The van der Waals surface area contributed by atoms with Crippen LogP contribution in [0.25, 0.3) is 0 Å². The van der Waals surface area contributed by atoms with Gasteiger partial charge in [0.15, 0.2) is 0 Å². The van der Waals surface area contributed by atoms with Gasteiger partial charge in [-0.15, -0.1) is 0 Å². The number of ether oxygens (including phenoxy) is 1. The number of para-hydroxylation sites is 1. The molecule has 1 aromatic carbocycles. The largest absolute Gasteiger partial charge is 0.496 e. The van der Waals surface area contributed by atoms with Crippen LogP contribution in [-0.4, -0.2) is 24.4 Å². The lowest BCUT2D eigenvalue weighted by molar-refractivity contribution is 0.0951. The topological polar surface area (TPSA) is 38.3 Å². The number of rotatable bonds is 5. The molecule has 0 radical (unpaired) electrons. The van der Waals surface area contributed by atoms with Gasteiger partial charge in [-0.05, 0) is 18.6 Å². The van der Waals surface area contributed by atoms with Crippen molar-refractivity contribution in [3.05, 3.63) is 29.8 Å². The molecule has 1 aromatic rings. The second kappa shape index (κ2) is 6.53. The van der Waals surface area contributed by atoms with Crippen LogP contribution in [0.1, 0.15) is 23.7 Å². The lowest BCUT2D eigenvalue weighted by Gasteiger charge is -2.11. The molecular weight excluding hydrogens is 270 g/mol. The Hall–Kier alpha value is -1.03. The van der Waals surface area contributed by atoms with Gasteiger partial charge in [0, 0.05) is 11.4 Å². The summed E-state index contributed by atoms with van der Waals surface area (Å²) in [6, 6.07) is 7.20. The SMILES string of the molecule is CCC(Br)CNC(=O)c1ccccc1OC. The fourth-order valence-corrected chi connectivity index (χ4v) is 1.44. The van der Waals surface area contributed by atoms with E-state index in [1.54, 1.807) is 19.2 Å². The second-order valence-corrected chi connectivity index (χ2v) is 4.71. The fourth-order valence-electron chi connectivity index (χ4n) is 1.28. The van der Waals surface area contributed by atoms with Crippen molar-refractivity contribution in [3.63, 3.8) is 0 Å². The van der Waals surface area contributed by atoms with E-state index in [0.29, 0.717) is 22.7 Å². The monoisotopic (exact) mass is 285 g/mol. The number of alkyl halides is 1. The molecule has 0 fully saturated rings. The highest BCUT2D eigenvalue weighted by Crippen LogP contribution is 2.16. The molecule has 3 nitrogen and oxygen atoms in total. The molecule has 0 aliphatic carbocycles. The predicted octanol–water partition coefficient (Wildman–Crippen LogP) is 2.60. The molecule has 0 saturated heterocycles. The molecule has 1 N–H and O–H groups in total. The summed E-state index contributed by atoms with van der Waals surface area (Å²) in [5, 5.41) is 2.86. The third kappa shape index (κ3) is 3.52. The van der Waals surface area contributed by atoms with Crippen LogP contribution in [0.4, 0.5) is 0 Å². The van der Waals surface area contributed by atoms with Gasteiger partial charge in [0.2, 0.25) is 0 Å². The third-order valence-electron chi connectivity index (χ3n) is 2.28. The maximum absolute atomic E-state index is 11.8. The Balaban J connectivity index is 2.65. The minimum absolute atomic E-state index is 0.102. The summed E-state index contributed by atoms with van der Waals surface area (Å²) >= 11 is 3.47. The van der Waals surface area contributed by atoms with Crippen LogP contribution < -0.4 is 10.1 Å². The first-order valence-electron chi connectivity index (χ1n) is 5.24. The molecule has 4 heteroatoms. The molecule has 1 atom stereocenters. The first-order valence-corrected chi connectivity index (χ1v) is 6.15. The van der Waals surface area contributed by atoms with Crippen LogP contribution >= 0.6 is 15.9 Å². The van der Waals surface area contributed by atoms with Crippen LogP contribution in [0.5, 0.6) is 5.75 Å². The molecule has 0 aliphatic rings. The van der Waals surface area contributed by atoms with Crippen molar-refractivity contribution < 1.29 is 9.53 Å². The molecule has 16 heavy (non-hydrogen) atoms. The van der Waals surface area contributed by atoms with Crippen molar-refractivity contribution >= 4 is 21.8 Å². The zero-order valence-corrected chi connectivity index (χ0v) is 11.1. The first kappa shape index (κ1) is 13.0. The zero-order valence-electron chi connectivity index (χ0n) is 9.50. The van der Waals surface area contributed by atoms with Gasteiger partial charge >= 0.3 is 0 Å². The molecule has 0 aliphatic heterocycles. The van der Waals surface area contributed by atoms with Gasteiger partial charge in [-0.2, -0.15) is 0 Å². The molecule has 88 valence electrons. The van der Waals surface area contributed by atoms with Gasteiger partial charge in [-0.3, -0.25) is 4.79 Å². The summed E-state index contributed by atoms with van der Waals surface area (Å²) in [6.45, 7) is 2.68. The van der Waals surface area contributed by atoms with Crippen molar-refractivity contribution in [1.82, 2.24) is 5.32 Å². The quantitative estimate of drug-likeness (QED) is 0.845. The Kier molecular flexibility index (Phi) is 5.32. The molecule has 1 amide bonds. The van der Waals surface area contributed by atoms with E-state index in [1.165, 1.54) is 0 Å². The summed E-state index contributed by atoms with van der Waals surface area (Å²) in [7, 11) is 1.56. The van der Waals surface area contributed by atoms with E-state index in [4.69, 9.17) is 4.74 Å². The maximum atomic E-state index is 11.8. The molecule has 0 heterocycles. The molecule has 0 bridgehead atoms. The Bertz CT molecular complexity index is 355. The minimum Gasteiger partial charge on any atom is -0.496 e. The maximum Gasteiger partial charge on any atom is 0.255 e. The van der Waals surface area contributed by atoms with Gasteiger partial charge in [-0.1, -0.05) is 35.0 Å². The van der Waals surface area contributed by atoms with Gasteiger partial charge in [0.1, 0.15) is 5.75 Å². The highest BCUT2D eigenvalue weighted by Gasteiger charge is 2.11. The normalized spacial score (nSPS) is 11.9. The Morgan fingerprint density at radius 3 is 2.81 bits per heavy atom.